The molecule has 0 bridgehead atoms. The second-order valence-electron chi connectivity index (χ2n) is 7.14. The predicted octanol–water partition coefficient (Wildman–Crippen LogP) is 4.77. The number of benzene rings is 3. The van der Waals surface area contributed by atoms with E-state index in [1.54, 1.807) is 66.7 Å². The smallest absolute Gasteiger partial charge is 0.471 e. The number of hydrogen-bond donors (Lipinski definition) is 1. The van der Waals surface area contributed by atoms with E-state index in [0.717, 1.165) is 0 Å². The lowest BCUT2D eigenvalue weighted by molar-refractivity contribution is -0.173. The first-order chi connectivity index (χ1) is 16.2. The first-order valence-electron chi connectivity index (χ1n) is 10.0. The Morgan fingerprint density at radius 1 is 1.03 bits per heavy atom. The minimum Gasteiger partial charge on any atom is -0.488 e. The van der Waals surface area contributed by atoms with Crippen LogP contribution in [0.15, 0.2) is 66.7 Å². The summed E-state index contributed by atoms with van der Waals surface area (Å²) in [6.45, 7) is -0.354. The van der Waals surface area contributed by atoms with Gasteiger partial charge in [-0.15, -0.1) is 0 Å². The Morgan fingerprint density at radius 3 is 2.47 bits per heavy atom. The Kier molecular flexibility index (Phi) is 7.53. The van der Waals surface area contributed by atoms with Crippen molar-refractivity contribution in [2.75, 3.05) is 7.11 Å². The molecular weight excluding hydrogens is 449 g/mol. The molecule has 0 saturated carbocycles. The molecule has 3 aromatic rings. The topological polar surface area (TPSA) is 88.4 Å². The van der Waals surface area contributed by atoms with E-state index >= 15 is 0 Å². The Balaban J connectivity index is 1.95. The largest absolute Gasteiger partial charge is 0.488 e. The monoisotopic (exact) mass is 468 g/mol. The molecular formula is C25H19F3N2O4. The van der Waals surface area contributed by atoms with E-state index in [9.17, 15) is 28.0 Å². The molecule has 0 aromatic heterocycles. The van der Waals surface area contributed by atoms with Crippen molar-refractivity contribution in [2.24, 2.45) is 0 Å². The number of esters is 1. The van der Waals surface area contributed by atoms with Gasteiger partial charge < -0.3 is 14.8 Å². The number of carbonyl (C=O) groups is 2. The predicted molar refractivity (Wildman–Crippen MR) is 117 cm³/mol. The average Bonchev–Trinajstić information content (AvgIpc) is 2.85. The molecule has 0 saturated heterocycles. The van der Waals surface area contributed by atoms with E-state index in [-0.39, 0.29) is 6.61 Å². The van der Waals surface area contributed by atoms with Crippen LogP contribution in [-0.4, -0.2) is 25.2 Å². The minimum absolute atomic E-state index is 0.0497. The Labute approximate surface area is 193 Å². The van der Waals surface area contributed by atoms with Crippen molar-refractivity contribution in [1.82, 2.24) is 5.32 Å². The minimum atomic E-state index is -5.01. The molecule has 3 rings (SSSR count). The lowest BCUT2D eigenvalue weighted by Gasteiger charge is -2.17. The van der Waals surface area contributed by atoms with Crippen LogP contribution in [0.5, 0.6) is 5.75 Å². The van der Waals surface area contributed by atoms with Crippen LogP contribution in [0.25, 0.3) is 11.1 Å². The Bertz CT molecular complexity index is 1250. The van der Waals surface area contributed by atoms with Gasteiger partial charge in [-0.1, -0.05) is 36.4 Å². The second-order valence-corrected chi connectivity index (χ2v) is 7.14. The standard InChI is InChI=1S/C25H19F3N2O4/c1-33-23(31)19-8-3-6-17(12-19)15-34-21-10-4-9-20(14-30-24(32)25(26,27)28)22(21)18-7-2-5-16(11-18)13-29/h2-12H,14-15H2,1H3,(H,30,32). The molecule has 0 aliphatic heterocycles. The van der Waals surface area contributed by atoms with Gasteiger partial charge in [0.15, 0.2) is 0 Å². The average molecular weight is 468 g/mol. The van der Waals surface area contributed by atoms with Crippen LogP contribution < -0.4 is 10.1 Å². The van der Waals surface area contributed by atoms with Crippen LogP contribution in [-0.2, 0) is 22.7 Å². The van der Waals surface area contributed by atoms with Crippen molar-refractivity contribution in [3.05, 3.63) is 89.0 Å². The third-order valence-electron chi connectivity index (χ3n) is 4.83. The highest BCUT2D eigenvalue weighted by molar-refractivity contribution is 5.89. The van der Waals surface area contributed by atoms with E-state index < -0.39 is 24.6 Å². The molecule has 0 atom stereocenters. The summed E-state index contributed by atoms with van der Waals surface area (Å²) >= 11 is 0. The second kappa shape index (κ2) is 10.5. The third kappa shape index (κ3) is 5.92. The number of rotatable bonds is 7. The molecule has 1 N–H and O–H groups in total. The van der Waals surface area contributed by atoms with Crippen LogP contribution >= 0.6 is 0 Å². The number of carbonyl (C=O) groups excluding carboxylic acids is 2. The zero-order chi connectivity index (χ0) is 24.7. The van der Waals surface area contributed by atoms with Gasteiger partial charge in [0, 0.05) is 12.1 Å². The number of methoxy groups -OCH3 is 1. The van der Waals surface area contributed by atoms with E-state index in [0.29, 0.717) is 39.1 Å². The van der Waals surface area contributed by atoms with Gasteiger partial charge in [0.1, 0.15) is 12.4 Å². The highest BCUT2D eigenvalue weighted by Crippen LogP contribution is 2.35. The lowest BCUT2D eigenvalue weighted by atomic mass is 9.97. The molecule has 0 aliphatic rings. The number of amides is 1. The molecule has 0 aliphatic carbocycles. The Morgan fingerprint density at radius 2 is 1.76 bits per heavy atom. The number of halogens is 3. The fourth-order valence-electron chi connectivity index (χ4n) is 3.26. The van der Waals surface area contributed by atoms with Gasteiger partial charge in [0.05, 0.1) is 24.3 Å². The summed E-state index contributed by atoms with van der Waals surface area (Å²) < 4.78 is 48.7. The molecule has 6 nitrogen and oxygen atoms in total. The number of nitriles is 1. The van der Waals surface area contributed by atoms with E-state index in [4.69, 9.17) is 9.47 Å². The number of hydrogen-bond acceptors (Lipinski definition) is 5. The first kappa shape index (κ1) is 24.3. The molecule has 0 radical (unpaired) electrons. The van der Waals surface area contributed by atoms with Crippen LogP contribution in [0.1, 0.15) is 27.0 Å². The maximum atomic E-state index is 12.7. The lowest BCUT2D eigenvalue weighted by Crippen LogP contribution is -2.36. The normalized spacial score (nSPS) is 10.8. The number of nitrogens with zero attached hydrogens (tertiary/aromatic N) is 1. The fraction of sp³-hybridized carbons (Fsp3) is 0.160. The van der Waals surface area contributed by atoms with Gasteiger partial charge in [-0.3, -0.25) is 4.79 Å². The number of ether oxygens (including phenoxy) is 2. The molecule has 0 unspecified atom stereocenters. The summed E-state index contributed by atoms with van der Waals surface area (Å²) in [6.07, 6.45) is -5.01. The molecule has 1 amide bonds. The molecule has 0 heterocycles. The molecule has 34 heavy (non-hydrogen) atoms. The Hall–Kier alpha value is -4.32. The quantitative estimate of drug-likeness (QED) is 0.505. The van der Waals surface area contributed by atoms with Gasteiger partial charge in [-0.25, -0.2) is 4.79 Å². The van der Waals surface area contributed by atoms with Gasteiger partial charge in [0.25, 0.3) is 0 Å². The van der Waals surface area contributed by atoms with Crippen molar-refractivity contribution in [3.8, 4) is 22.9 Å². The van der Waals surface area contributed by atoms with Gasteiger partial charge in [-0.05, 0) is 47.0 Å². The van der Waals surface area contributed by atoms with E-state index in [1.807, 2.05) is 11.4 Å². The highest BCUT2D eigenvalue weighted by atomic mass is 19.4. The maximum Gasteiger partial charge on any atom is 0.471 e. The summed E-state index contributed by atoms with van der Waals surface area (Å²) in [5, 5.41) is 11.1. The maximum absolute atomic E-state index is 12.7. The first-order valence-corrected chi connectivity index (χ1v) is 10.0. The van der Waals surface area contributed by atoms with Gasteiger partial charge in [0.2, 0.25) is 0 Å². The van der Waals surface area contributed by atoms with Crippen molar-refractivity contribution < 1.29 is 32.2 Å². The SMILES string of the molecule is COC(=O)c1cccc(COc2cccc(CNC(=O)C(F)(F)F)c2-c2cccc(C#N)c2)c1. The van der Waals surface area contributed by atoms with Crippen LogP contribution in [0, 0.1) is 11.3 Å². The van der Waals surface area contributed by atoms with Crippen molar-refractivity contribution in [2.45, 2.75) is 19.3 Å². The number of alkyl halides is 3. The molecule has 174 valence electrons. The highest BCUT2D eigenvalue weighted by Gasteiger charge is 2.38. The molecule has 0 spiro atoms. The van der Waals surface area contributed by atoms with E-state index in [2.05, 4.69) is 0 Å². The van der Waals surface area contributed by atoms with Crippen LogP contribution in [0.3, 0.4) is 0 Å². The van der Waals surface area contributed by atoms with Gasteiger partial charge in [-0.2, -0.15) is 18.4 Å². The van der Waals surface area contributed by atoms with Crippen LogP contribution in [0.2, 0.25) is 0 Å². The van der Waals surface area contributed by atoms with Crippen molar-refractivity contribution in [3.63, 3.8) is 0 Å². The zero-order valence-electron chi connectivity index (χ0n) is 18.0. The molecule has 3 aromatic carbocycles. The zero-order valence-corrected chi connectivity index (χ0v) is 18.0. The summed E-state index contributed by atoms with van der Waals surface area (Å²) in [4.78, 5) is 23.1. The molecule has 0 fully saturated rings. The van der Waals surface area contributed by atoms with E-state index in [1.165, 1.54) is 7.11 Å². The van der Waals surface area contributed by atoms with Crippen molar-refractivity contribution >= 4 is 11.9 Å². The van der Waals surface area contributed by atoms with Crippen molar-refractivity contribution in [1.29, 1.82) is 5.26 Å². The number of nitrogens with one attached hydrogen (secondary N) is 1. The summed E-state index contributed by atoms with van der Waals surface area (Å²) in [7, 11) is 1.27. The summed E-state index contributed by atoms with van der Waals surface area (Å²) in [5.74, 6) is -2.23. The van der Waals surface area contributed by atoms with Crippen LogP contribution in [0.4, 0.5) is 13.2 Å². The summed E-state index contributed by atoms with van der Waals surface area (Å²) in [5.41, 5.74) is 2.70. The molecule has 9 heteroatoms. The van der Waals surface area contributed by atoms with Gasteiger partial charge >= 0.3 is 18.1 Å². The fourth-order valence-corrected chi connectivity index (χ4v) is 3.26. The third-order valence-corrected chi connectivity index (χ3v) is 4.83. The summed E-state index contributed by atoms with van der Waals surface area (Å²) in [6, 6.07) is 19.9.